The van der Waals surface area contributed by atoms with Crippen LogP contribution in [-0.4, -0.2) is 26.5 Å². The molecule has 0 bridgehead atoms. The maximum Gasteiger partial charge on any atom is 0.159 e. The molecule has 26 heavy (non-hydrogen) atoms. The maximum absolute atomic E-state index is 10.1. The molecule has 0 spiro atoms. The van der Waals surface area contributed by atoms with Crippen LogP contribution in [0.2, 0.25) is 5.02 Å². The van der Waals surface area contributed by atoms with Gasteiger partial charge in [0.1, 0.15) is 5.75 Å². The molecule has 0 saturated heterocycles. The van der Waals surface area contributed by atoms with E-state index in [1.807, 2.05) is 49.5 Å². The monoisotopic (exact) mass is 365 g/mol. The Kier molecular flexibility index (Phi) is 4.62. The third-order valence-electron chi connectivity index (χ3n) is 4.74. The summed E-state index contributed by atoms with van der Waals surface area (Å²) < 4.78 is 0. The van der Waals surface area contributed by atoms with Crippen LogP contribution in [-0.2, 0) is 19.5 Å². The van der Waals surface area contributed by atoms with Crippen molar-refractivity contribution in [3.63, 3.8) is 0 Å². The van der Waals surface area contributed by atoms with E-state index < -0.39 is 0 Å². The normalized spacial score (nSPS) is 14.2. The molecule has 1 aromatic heterocycles. The molecule has 2 aromatic carbocycles. The molecule has 1 aliphatic heterocycles. The van der Waals surface area contributed by atoms with E-state index >= 15 is 0 Å². The van der Waals surface area contributed by atoms with Crippen LogP contribution in [0, 0.1) is 6.92 Å². The molecule has 2 heterocycles. The molecule has 0 saturated carbocycles. The summed E-state index contributed by atoms with van der Waals surface area (Å²) in [6, 6.07) is 13.3. The lowest BCUT2D eigenvalue weighted by atomic mass is 10.0. The SMILES string of the molecule is Cc1ccc(O)c(CN2CCc3nc(-c4ccc(Cl)cc4)ncc3C2)c1. The van der Waals surface area contributed by atoms with Crippen molar-refractivity contribution in [2.75, 3.05) is 6.54 Å². The van der Waals surface area contributed by atoms with Crippen LogP contribution in [0.25, 0.3) is 11.4 Å². The number of aryl methyl sites for hydroxylation is 1. The second-order valence-electron chi connectivity index (χ2n) is 6.77. The summed E-state index contributed by atoms with van der Waals surface area (Å²) in [7, 11) is 0. The summed E-state index contributed by atoms with van der Waals surface area (Å²) in [6.45, 7) is 4.48. The van der Waals surface area contributed by atoms with Gasteiger partial charge in [0, 0.05) is 54.0 Å². The van der Waals surface area contributed by atoms with Gasteiger partial charge in [0.05, 0.1) is 5.69 Å². The molecule has 1 N–H and O–H groups in total. The van der Waals surface area contributed by atoms with Crippen molar-refractivity contribution < 1.29 is 5.11 Å². The highest BCUT2D eigenvalue weighted by Crippen LogP contribution is 2.25. The van der Waals surface area contributed by atoms with E-state index in [0.717, 1.165) is 59.8 Å². The lowest BCUT2D eigenvalue weighted by molar-refractivity contribution is 0.240. The van der Waals surface area contributed by atoms with E-state index in [-0.39, 0.29) is 0 Å². The summed E-state index contributed by atoms with van der Waals surface area (Å²) in [5.41, 5.74) is 5.36. The zero-order chi connectivity index (χ0) is 18.1. The topological polar surface area (TPSA) is 49.2 Å². The Morgan fingerprint density at radius 3 is 2.77 bits per heavy atom. The Morgan fingerprint density at radius 1 is 1.15 bits per heavy atom. The fraction of sp³-hybridized carbons (Fsp3) is 0.238. The molecule has 4 rings (SSSR count). The first kappa shape index (κ1) is 17.0. The molecule has 132 valence electrons. The molecule has 1 aliphatic rings. The number of phenolic OH excluding ortho intramolecular Hbond substituents is 1. The van der Waals surface area contributed by atoms with Gasteiger partial charge in [0.2, 0.25) is 0 Å². The minimum Gasteiger partial charge on any atom is -0.508 e. The number of benzene rings is 2. The van der Waals surface area contributed by atoms with E-state index in [1.165, 1.54) is 0 Å². The zero-order valence-corrected chi connectivity index (χ0v) is 15.4. The van der Waals surface area contributed by atoms with Gasteiger partial charge in [0.15, 0.2) is 5.82 Å². The van der Waals surface area contributed by atoms with Crippen molar-refractivity contribution in [1.29, 1.82) is 0 Å². The molecule has 0 aliphatic carbocycles. The second-order valence-corrected chi connectivity index (χ2v) is 7.20. The highest BCUT2D eigenvalue weighted by Gasteiger charge is 2.19. The van der Waals surface area contributed by atoms with Gasteiger partial charge in [-0.2, -0.15) is 0 Å². The van der Waals surface area contributed by atoms with E-state index in [1.54, 1.807) is 6.07 Å². The summed E-state index contributed by atoms with van der Waals surface area (Å²) in [5.74, 6) is 1.10. The van der Waals surface area contributed by atoms with Crippen LogP contribution < -0.4 is 0 Å². The largest absolute Gasteiger partial charge is 0.508 e. The lowest BCUT2D eigenvalue weighted by Gasteiger charge is -2.28. The van der Waals surface area contributed by atoms with Crippen molar-refractivity contribution in [3.05, 3.63) is 76.1 Å². The van der Waals surface area contributed by atoms with Crippen LogP contribution in [0.15, 0.2) is 48.7 Å². The van der Waals surface area contributed by atoms with Gasteiger partial charge in [0.25, 0.3) is 0 Å². The standard InChI is InChI=1S/C21H20ClN3O/c1-14-2-7-20(26)16(10-14)12-25-9-8-19-17(13-25)11-23-21(24-19)15-3-5-18(22)6-4-15/h2-7,10-11,26H,8-9,12-13H2,1H3. The number of aromatic hydroxyl groups is 1. The number of hydrogen-bond acceptors (Lipinski definition) is 4. The first-order valence-electron chi connectivity index (χ1n) is 8.70. The molecule has 5 heteroatoms. The average Bonchev–Trinajstić information content (AvgIpc) is 2.65. The molecule has 4 nitrogen and oxygen atoms in total. The van der Waals surface area contributed by atoms with Crippen LogP contribution in [0.4, 0.5) is 0 Å². The molecular weight excluding hydrogens is 346 g/mol. The predicted octanol–water partition coefficient (Wildman–Crippen LogP) is 4.37. The average molecular weight is 366 g/mol. The summed E-state index contributed by atoms with van der Waals surface area (Å²) in [5, 5.41) is 10.8. The quantitative estimate of drug-likeness (QED) is 0.748. The fourth-order valence-corrected chi connectivity index (χ4v) is 3.46. The summed E-state index contributed by atoms with van der Waals surface area (Å²) >= 11 is 5.95. The number of aromatic nitrogens is 2. The Labute approximate surface area is 158 Å². The third-order valence-corrected chi connectivity index (χ3v) is 5.00. The van der Waals surface area contributed by atoms with Crippen molar-refractivity contribution in [1.82, 2.24) is 14.9 Å². The van der Waals surface area contributed by atoms with Crippen LogP contribution in [0.1, 0.15) is 22.4 Å². The van der Waals surface area contributed by atoms with Gasteiger partial charge in [-0.15, -0.1) is 0 Å². The second kappa shape index (κ2) is 7.06. The van der Waals surface area contributed by atoms with Crippen molar-refractivity contribution >= 4 is 11.6 Å². The highest BCUT2D eigenvalue weighted by atomic mass is 35.5. The smallest absolute Gasteiger partial charge is 0.159 e. The number of nitrogens with zero attached hydrogens (tertiary/aromatic N) is 3. The van der Waals surface area contributed by atoms with Crippen LogP contribution in [0.5, 0.6) is 5.75 Å². The van der Waals surface area contributed by atoms with Gasteiger partial charge in [-0.1, -0.05) is 29.3 Å². The van der Waals surface area contributed by atoms with Gasteiger partial charge in [-0.25, -0.2) is 9.97 Å². The van der Waals surface area contributed by atoms with Gasteiger partial charge in [-0.3, -0.25) is 4.90 Å². The van der Waals surface area contributed by atoms with Gasteiger partial charge >= 0.3 is 0 Å². The predicted molar refractivity (Wildman–Crippen MR) is 103 cm³/mol. The van der Waals surface area contributed by atoms with E-state index in [9.17, 15) is 5.11 Å². The van der Waals surface area contributed by atoms with Crippen LogP contribution >= 0.6 is 11.6 Å². The van der Waals surface area contributed by atoms with E-state index in [0.29, 0.717) is 10.8 Å². The Hall–Kier alpha value is -2.43. The molecule has 0 fully saturated rings. The first-order chi connectivity index (χ1) is 12.6. The number of fused-ring (bicyclic) bond motifs is 1. The molecule has 0 radical (unpaired) electrons. The fourth-order valence-electron chi connectivity index (χ4n) is 3.33. The summed E-state index contributed by atoms with van der Waals surface area (Å²) in [4.78, 5) is 11.6. The minimum atomic E-state index is 0.357. The van der Waals surface area contributed by atoms with Gasteiger partial charge in [-0.05, 0) is 37.3 Å². The van der Waals surface area contributed by atoms with Crippen molar-refractivity contribution in [2.24, 2.45) is 0 Å². The molecule has 3 aromatic rings. The number of hydrogen-bond donors (Lipinski definition) is 1. The Balaban J connectivity index is 1.52. The number of halogens is 1. The number of phenols is 1. The van der Waals surface area contributed by atoms with Crippen molar-refractivity contribution in [3.8, 4) is 17.1 Å². The molecular formula is C21H20ClN3O. The molecule has 0 amide bonds. The van der Waals surface area contributed by atoms with E-state index in [2.05, 4.69) is 9.88 Å². The highest BCUT2D eigenvalue weighted by molar-refractivity contribution is 6.30. The summed E-state index contributed by atoms with van der Waals surface area (Å²) in [6.07, 6.45) is 2.81. The molecule has 0 unspecified atom stereocenters. The van der Waals surface area contributed by atoms with Crippen molar-refractivity contribution in [2.45, 2.75) is 26.4 Å². The Bertz CT molecular complexity index is 940. The van der Waals surface area contributed by atoms with Gasteiger partial charge < -0.3 is 5.11 Å². The van der Waals surface area contributed by atoms with E-state index in [4.69, 9.17) is 16.6 Å². The lowest BCUT2D eigenvalue weighted by Crippen LogP contribution is -2.31. The Morgan fingerprint density at radius 2 is 1.96 bits per heavy atom. The zero-order valence-electron chi connectivity index (χ0n) is 14.6. The first-order valence-corrected chi connectivity index (χ1v) is 9.08. The minimum absolute atomic E-state index is 0.357. The number of rotatable bonds is 3. The molecule has 0 atom stereocenters. The third kappa shape index (κ3) is 3.57. The maximum atomic E-state index is 10.1. The van der Waals surface area contributed by atoms with Crippen LogP contribution in [0.3, 0.4) is 0 Å².